The lowest BCUT2D eigenvalue weighted by molar-refractivity contribution is -0.116. The third-order valence-corrected chi connectivity index (χ3v) is 2.12. The predicted molar refractivity (Wildman–Crippen MR) is 57.1 cm³/mol. The van der Waals surface area contributed by atoms with Crippen molar-refractivity contribution in [2.45, 2.75) is 13.8 Å². The van der Waals surface area contributed by atoms with E-state index in [-0.39, 0.29) is 11.5 Å². The minimum absolute atomic E-state index is 0.0550. The number of nitrogens with zero attached hydrogens (tertiary/aromatic N) is 1. The van der Waals surface area contributed by atoms with Crippen molar-refractivity contribution in [2.24, 2.45) is 0 Å². The highest BCUT2D eigenvalue weighted by molar-refractivity contribution is 5.93. The summed E-state index contributed by atoms with van der Waals surface area (Å²) in [6, 6.07) is 6.25. The van der Waals surface area contributed by atoms with Crippen molar-refractivity contribution in [1.82, 2.24) is 0 Å². The van der Waals surface area contributed by atoms with Crippen molar-refractivity contribution in [2.75, 3.05) is 11.4 Å². The van der Waals surface area contributed by atoms with E-state index < -0.39 is 5.97 Å². The summed E-state index contributed by atoms with van der Waals surface area (Å²) in [6.07, 6.45) is 0. The third-order valence-electron chi connectivity index (χ3n) is 2.12. The lowest BCUT2D eigenvalue weighted by Crippen LogP contribution is -2.27. The molecule has 1 N–H and O–H groups in total. The number of hydrogen-bond acceptors (Lipinski definition) is 2. The van der Waals surface area contributed by atoms with Crippen LogP contribution in [0.4, 0.5) is 5.69 Å². The number of benzene rings is 1. The summed E-state index contributed by atoms with van der Waals surface area (Å²) < 4.78 is 0. The van der Waals surface area contributed by atoms with Gasteiger partial charge in [-0.3, -0.25) is 4.79 Å². The molecular formula is C11H13NO3. The first kappa shape index (κ1) is 11.2. The largest absolute Gasteiger partial charge is 0.478 e. The summed E-state index contributed by atoms with van der Waals surface area (Å²) >= 11 is 0. The average molecular weight is 207 g/mol. The first-order valence-corrected chi connectivity index (χ1v) is 4.67. The van der Waals surface area contributed by atoms with E-state index in [0.717, 1.165) is 5.69 Å². The molecule has 0 saturated heterocycles. The van der Waals surface area contributed by atoms with Gasteiger partial charge in [-0.1, -0.05) is 0 Å². The molecule has 1 aromatic carbocycles. The van der Waals surface area contributed by atoms with Crippen LogP contribution in [0.25, 0.3) is 0 Å². The number of amides is 1. The number of carbonyl (C=O) groups is 2. The van der Waals surface area contributed by atoms with Gasteiger partial charge in [0.15, 0.2) is 0 Å². The van der Waals surface area contributed by atoms with Gasteiger partial charge in [0.1, 0.15) is 0 Å². The fourth-order valence-electron chi connectivity index (χ4n) is 1.37. The number of hydrogen-bond donors (Lipinski definition) is 1. The number of carbonyl (C=O) groups excluding carboxylic acids is 1. The van der Waals surface area contributed by atoms with E-state index in [1.54, 1.807) is 17.0 Å². The number of aromatic carboxylic acids is 1. The van der Waals surface area contributed by atoms with Crippen molar-refractivity contribution in [3.05, 3.63) is 29.8 Å². The molecule has 0 radical (unpaired) electrons. The Bertz CT molecular complexity index is 370. The van der Waals surface area contributed by atoms with E-state index in [1.165, 1.54) is 19.1 Å². The lowest BCUT2D eigenvalue weighted by Gasteiger charge is -2.18. The van der Waals surface area contributed by atoms with Gasteiger partial charge in [0.05, 0.1) is 5.56 Å². The molecule has 0 aliphatic carbocycles. The maximum Gasteiger partial charge on any atom is 0.335 e. The lowest BCUT2D eigenvalue weighted by atomic mass is 10.2. The quantitative estimate of drug-likeness (QED) is 0.821. The maximum absolute atomic E-state index is 11.2. The van der Waals surface area contributed by atoms with E-state index in [9.17, 15) is 9.59 Å². The Morgan fingerprint density at radius 3 is 2.13 bits per heavy atom. The Hall–Kier alpha value is -1.84. The average Bonchev–Trinajstić information content (AvgIpc) is 2.19. The minimum atomic E-state index is -0.965. The molecule has 1 aromatic rings. The van der Waals surface area contributed by atoms with Crippen molar-refractivity contribution < 1.29 is 14.7 Å². The van der Waals surface area contributed by atoms with Gasteiger partial charge in [0, 0.05) is 19.2 Å². The SMILES string of the molecule is CCN(C(C)=O)c1ccc(C(=O)O)cc1. The molecule has 80 valence electrons. The second-order valence-electron chi connectivity index (χ2n) is 3.12. The van der Waals surface area contributed by atoms with Gasteiger partial charge < -0.3 is 10.0 Å². The molecule has 0 spiro atoms. The normalized spacial score (nSPS) is 9.73. The Labute approximate surface area is 88.1 Å². The molecule has 0 aromatic heterocycles. The molecule has 15 heavy (non-hydrogen) atoms. The third kappa shape index (κ3) is 2.56. The highest BCUT2D eigenvalue weighted by Gasteiger charge is 2.09. The van der Waals surface area contributed by atoms with Crippen LogP contribution in [-0.4, -0.2) is 23.5 Å². The van der Waals surface area contributed by atoms with Crippen LogP contribution in [0.1, 0.15) is 24.2 Å². The standard InChI is InChI=1S/C11H13NO3/c1-3-12(8(2)13)10-6-4-9(5-7-10)11(14)15/h4-7H,3H2,1-2H3,(H,14,15). The summed E-state index contributed by atoms with van der Waals surface area (Å²) in [5.41, 5.74) is 0.938. The van der Waals surface area contributed by atoms with Crippen molar-refractivity contribution in [1.29, 1.82) is 0 Å². The van der Waals surface area contributed by atoms with E-state index in [1.807, 2.05) is 6.92 Å². The zero-order chi connectivity index (χ0) is 11.4. The fraction of sp³-hybridized carbons (Fsp3) is 0.273. The topological polar surface area (TPSA) is 57.6 Å². The summed E-state index contributed by atoms with van der Waals surface area (Å²) in [5.74, 6) is -1.02. The van der Waals surface area contributed by atoms with E-state index >= 15 is 0 Å². The summed E-state index contributed by atoms with van der Waals surface area (Å²) in [6.45, 7) is 3.92. The van der Waals surface area contributed by atoms with Crippen molar-refractivity contribution in [3.8, 4) is 0 Å². The van der Waals surface area contributed by atoms with Crippen LogP contribution in [0.2, 0.25) is 0 Å². The minimum Gasteiger partial charge on any atom is -0.478 e. The molecule has 0 atom stereocenters. The van der Waals surface area contributed by atoms with Gasteiger partial charge in [-0.25, -0.2) is 4.79 Å². The Kier molecular flexibility index (Phi) is 3.44. The molecule has 4 heteroatoms. The summed E-state index contributed by atoms with van der Waals surface area (Å²) in [4.78, 5) is 23.4. The molecule has 0 aliphatic heterocycles. The molecule has 1 rings (SSSR count). The van der Waals surface area contributed by atoms with E-state index in [4.69, 9.17) is 5.11 Å². The molecule has 0 fully saturated rings. The molecule has 1 amide bonds. The Morgan fingerprint density at radius 2 is 1.80 bits per heavy atom. The van der Waals surface area contributed by atoms with Crippen molar-refractivity contribution in [3.63, 3.8) is 0 Å². The van der Waals surface area contributed by atoms with Crippen LogP contribution in [0.3, 0.4) is 0 Å². The summed E-state index contributed by atoms with van der Waals surface area (Å²) in [5, 5.41) is 8.70. The van der Waals surface area contributed by atoms with Crippen LogP contribution in [0.5, 0.6) is 0 Å². The Balaban J connectivity index is 2.97. The van der Waals surface area contributed by atoms with Gasteiger partial charge >= 0.3 is 5.97 Å². The monoisotopic (exact) mass is 207 g/mol. The number of carboxylic acids is 1. The second-order valence-corrected chi connectivity index (χ2v) is 3.12. The van der Waals surface area contributed by atoms with Crippen molar-refractivity contribution >= 4 is 17.6 Å². The van der Waals surface area contributed by atoms with Crippen LogP contribution >= 0.6 is 0 Å². The molecule has 4 nitrogen and oxygen atoms in total. The number of carboxylic acid groups (broad SMARTS) is 1. The number of rotatable bonds is 3. The zero-order valence-corrected chi connectivity index (χ0v) is 8.73. The van der Waals surface area contributed by atoms with Gasteiger partial charge in [-0.05, 0) is 31.2 Å². The molecule has 0 aliphatic rings. The number of anilines is 1. The highest BCUT2D eigenvalue weighted by Crippen LogP contribution is 2.15. The molecule has 0 saturated carbocycles. The predicted octanol–water partition coefficient (Wildman–Crippen LogP) is 1.76. The summed E-state index contributed by atoms with van der Waals surface area (Å²) in [7, 11) is 0. The van der Waals surface area contributed by atoms with Crippen LogP contribution in [-0.2, 0) is 4.79 Å². The highest BCUT2D eigenvalue weighted by atomic mass is 16.4. The first-order valence-electron chi connectivity index (χ1n) is 4.67. The first-order chi connectivity index (χ1) is 7.06. The van der Waals surface area contributed by atoms with Crippen LogP contribution < -0.4 is 4.90 Å². The molecule has 0 heterocycles. The molecule has 0 bridgehead atoms. The maximum atomic E-state index is 11.2. The fourth-order valence-corrected chi connectivity index (χ4v) is 1.37. The van der Waals surface area contributed by atoms with Gasteiger partial charge in [0.2, 0.25) is 5.91 Å². The molecule has 0 unspecified atom stereocenters. The zero-order valence-electron chi connectivity index (χ0n) is 8.73. The van der Waals surface area contributed by atoms with E-state index in [2.05, 4.69) is 0 Å². The molecular weight excluding hydrogens is 194 g/mol. The van der Waals surface area contributed by atoms with Crippen LogP contribution in [0, 0.1) is 0 Å². The van der Waals surface area contributed by atoms with E-state index in [0.29, 0.717) is 6.54 Å². The van der Waals surface area contributed by atoms with Gasteiger partial charge in [0.25, 0.3) is 0 Å². The van der Waals surface area contributed by atoms with Crippen LogP contribution in [0.15, 0.2) is 24.3 Å². The van der Waals surface area contributed by atoms with Gasteiger partial charge in [-0.2, -0.15) is 0 Å². The smallest absolute Gasteiger partial charge is 0.335 e. The second kappa shape index (κ2) is 4.59. The Morgan fingerprint density at radius 1 is 1.27 bits per heavy atom. The van der Waals surface area contributed by atoms with Gasteiger partial charge in [-0.15, -0.1) is 0 Å².